The molecule has 2 aromatic rings. The Bertz CT molecular complexity index is 1050. The Hall–Kier alpha value is -3.19. The molecule has 1 heterocycles. The molecular weight excluding hydrogens is 480 g/mol. The lowest BCUT2D eigenvalue weighted by atomic mass is 9.85. The molecule has 38 heavy (non-hydrogen) atoms. The van der Waals surface area contributed by atoms with Gasteiger partial charge >= 0.3 is 12.1 Å². The highest BCUT2D eigenvalue weighted by Crippen LogP contribution is 2.31. The topological polar surface area (TPSA) is 84.9 Å². The lowest BCUT2D eigenvalue weighted by molar-refractivity contribution is -0.162. The fourth-order valence-corrected chi connectivity index (χ4v) is 5.19. The SMILES string of the molecule is CCC[C@@H](C(C)=O)C(Cc1ccccc1)N1CC(NC(=O)OCc2ccccc2)CC1C(=O)OC(C)(C)C. The predicted octanol–water partition coefficient (Wildman–Crippen LogP) is 5.31. The number of amides is 1. The third-order valence-electron chi connectivity index (χ3n) is 6.85. The molecule has 0 aromatic heterocycles. The van der Waals surface area contributed by atoms with E-state index in [1.165, 1.54) is 0 Å². The van der Waals surface area contributed by atoms with Gasteiger partial charge in [0.15, 0.2) is 0 Å². The first-order chi connectivity index (χ1) is 18.1. The summed E-state index contributed by atoms with van der Waals surface area (Å²) in [6.07, 6.45) is 2.06. The number of benzene rings is 2. The number of nitrogens with one attached hydrogen (secondary N) is 1. The number of ether oxygens (including phenoxy) is 2. The summed E-state index contributed by atoms with van der Waals surface area (Å²) in [6.45, 7) is 9.83. The van der Waals surface area contributed by atoms with Crippen LogP contribution in [0, 0.1) is 5.92 Å². The Morgan fingerprint density at radius 2 is 1.61 bits per heavy atom. The molecule has 4 atom stereocenters. The van der Waals surface area contributed by atoms with Gasteiger partial charge in [-0.25, -0.2) is 4.79 Å². The van der Waals surface area contributed by atoms with E-state index >= 15 is 0 Å². The van der Waals surface area contributed by atoms with Crippen LogP contribution < -0.4 is 5.32 Å². The van der Waals surface area contributed by atoms with E-state index in [0.29, 0.717) is 19.4 Å². The van der Waals surface area contributed by atoms with Gasteiger partial charge in [0.25, 0.3) is 0 Å². The maximum Gasteiger partial charge on any atom is 0.407 e. The van der Waals surface area contributed by atoms with Crippen molar-refractivity contribution in [1.29, 1.82) is 0 Å². The van der Waals surface area contributed by atoms with Crippen molar-refractivity contribution in [1.82, 2.24) is 10.2 Å². The van der Waals surface area contributed by atoms with Crippen molar-refractivity contribution in [3.63, 3.8) is 0 Å². The van der Waals surface area contributed by atoms with Crippen molar-refractivity contribution >= 4 is 17.8 Å². The van der Waals surface area contributed by atoms with Crippen LogP contribution in [0.25, 0.3) is 0 Å². The minimum atomic E-state index is -0.652. The van der Waals surface area contributed by atoms with Crippen LogP contribution in [0.4, 0.5) is 4.79 Å². The van der Waals surface area contributed by atoms with Crippen LogP contribution in [0.3, 0.4) is 0 Å². The average molecular weight is 523 g/mol. The number of carbonyl (C=O) groups excluding carboxylic acids is 3. The number of hydrogen-bond donors (Lipinski definition) is 1. The van der Waals surface area contributed by atoms with Gasteiger partial charge in [-0.15, -0.1) is 0 Å². The third-order valence-corrected chi connectivity index (χ3v) is 6.85. The minimum absolute atomic E-state index is 0.106. The Morgan fingerprint density at radius 3 is 2.16 bits per heavy atom. The highest BCUT2D eigenvalue weighted by Gasteiger charge is 2.45. The number of rotatable bonds is 11. The number of esters is 1. The van der Waals surface area contributed by atoms with Crippen LogP contribution in [-0.4, -0.2) is 53.0 Å². The number of likely N-dealkylation sites (tertiary alicyclic amines) is 1. The maximum absolute atomic E-state index is 13.4. The number of alkyl carbamates (subject to hydrolysis) is 1. The fraction of sp³-hybridized carbons (Fsp3) is 0.516. The van der Waals surface area contributed by atoms with Crippen molar-refractivity contribution in [3.8, 4) is 0 Å². The first-order valence-corrected chi connectivity index (χ1v) is 13.6. The first-order valence-electron chi connectivity index (χ1n) is 13.6. The zero-order chi connectivity index (χ0) is 27.7. The minimum Gasteiger partial charge on any atom is -0.459 e. The van der Waals surface area contributed by atoms with Gasteiger partial charge in [0.1, 0.15) is 24.0 Å². The largest absolute Gasteiger partial charge is 0.459 e. The Labute approximate surface area is 226 Å². The van der Waals surface area contributed by atoms with E-state index in [2.05, 4.69) is 17.1 Å². The van der Waals surface area contributed by atoms with Crippen LogP contribution in [-0.2, 0) is 32.1 Å². The van der Waals surface area contributed by atoms with Gasteiger partial charge in [-0.2, -0.15) is 0 Å². The number of ketones is 1. The summed E-state index contributed by atoms with van der Waals surface area (Å²) >= 11 is 0. The molecule has 2 aromatic carbocycles. The lowest BCUT2D eigenvalue weighted by Crippen LogP contribution is -2.51. The molecule has 206 valence electrons. The molecular formula is C31H42N2O5. The standard InChI is InChI=1S/C31H42N2O5/c1-6-13-26(22(2)34)27(18-23-14-9-7-10-15-23)33-20-25(19-28(33)29(35)38-31(3,4)5)32-30(36)37-21-24-16-11-8-12-17-24/h7-12,14-17,25-28H,6,13,18-21H2,1-5H3,(H,32,36)/t25?,26-,27?,28?/m0/s1. The van der Waals surface area contributed by atoms with Gasteiger partial charge in [0.05, 0.1) is 0 Å². The number of Topliss-reactive ketones (excluding diaryl/α,β-unsaturated/α-hetero) is 1. The second kappa shape index (κ2) is 13.6. The molecule has 0 radical (unpaired) electrons. The van der Waals surface area contributed by atoms with Gasteiger partial charge < -0.3 is 14.8 Å². The molecule has 3 rings (SSSR count). The summed E-state index contributed by atoms with van der Waals surface area (Å²) in [4.78, 5) is 41.1. The van der Waals surface area contributed by atoms with Crippen LogP contribution >= 0.6 is 0 Å². The fourth-order valence-electron chi connectivity index (χ4n) is 5.19. The van der Waals surface area contributed by atoms with Crippen LogP contribution in [0.5, 0.6) is 0 Å². The van der Waals surface area contributed by atoms with E-state index in [4.69, 9.17) is 9.47 Å². The molecule has 1 N–H and O–H groups in total. The summed E-state index contributed by atoms with van der Waals surface area (Å²) in [6, 6.07) is 18.4. The number of hydrogen-bond acceptors (Lipinski definition) is 6. The molecule has 7 nitrogen and oxygen atoms in total. The predicted molar refractivity (Wildman–Crippen MR) is 148 cm³/mol. The zero-order valence-electron chi connectivity index (χ0n) is 23.3. The maximum atomic E-state index is 13.4. The molecule has 0 aliphatic carbocycles. The van der Waals surface area contributed by atoms with E-state index in [0.717, 1.165) is 24.0 Å². The second-order valence-electron chi connectivity index (χ2n) is 11.1. The van der Waals surface area contributed by atoms with Crippen molar-refractivity contribution in [3.05, 3.63) is 71.8 Å². The van der Waals surface area contributed by atoms with E-state index in [1.54, 1.807) is 6.92 Å². The number of carbonyl (C=O) groups is 3. The molecule has 1 aliphatic heterocycles. The zero-order valence-corrected chi connectivity index (χ0v) is 23.3. The molecule has 3 unspecified atom stereocenters. The number of nitrogens with zero attached hydrogens (tertiary/aromatic N) is 1. The lowest BCUT2D eigenvalue weighted by Gasteiger charge is -2.37. The summed E-state index contributed by atoms with van der Waals surface area (Å²) in [7, 11) is 0. The van der Waals surface area contributed by atoms with Gasteiger partial charge in [-0.3, -0.25) is 14.5 Å². The van der Waals surface area contributed by atoms with E-state index < -0.39 is 17.7 Å². The van der Waals surface area contributed by atoms with E-state index in [1.807, 2.05) is 81.4 Å². The smallest absolute Gasteiger partial charge is 0.407 e. The molecule has 0 saturated carbocycles. The van der Waals surface area contributed by atoms with E-state index in [9.17, 15) is 14.4 Å². The normalized spacial score (nSPS) is 19.4. The van der Waals surface area contributed by atoms with Gasteiger partial charge in [-0.05, 0) is 58.1 Å². The summed E-state index contributed by atoms with van der Waals surface area (Å²) in [5.41, 5.74) is 1.34. The summed E-state index contributed by atoms with van der Waals surface area (Å²) in [5.74, 6) is -0.473. The Kier molecular flexibility index (Phi) is 10.5. The average Bonchev–Trinajstić information content (AvgIpc) is 3.28. The van der Waals surface area contributed by atoms with Crippen molar-refractivity contribution < 1.29 is 23.9 Å². The molecule has 1 amide bonds. The van der Waals surface area contributed by atoms with Crippen LogP contribution in [0.2, 0.25) is 0 Å². The monoisotopic (exact) mass is 522 g/mol. The second-order valence-corrected chi connectivity index (χ2v) is 11.1. The molecule has 1 saturated heterocycles. The Morgan fingerprint density at radius 1 is 1.00 bits per heavy atom. The first kappa shape index (κ1) is 29.4. The van der Waals surface area contributed by atoms with Gasteiger partial charge in [0.2, 0.25) is 0 Å². The van der Waals surface area contributed by atoms with Crippen molar-refractivity contribution in [2.24, 2.45) is 5.92 Å². The molecule has 1 fully saturated rings. The van der Waals surface area contributed by atoms with Crippen LogP contribution in [0.15, 0.2) is 60.7 Å². The van der Waals surface area contributed by atoms with Crippen molar-refractivity contribution in [2.75, 3.05) is 6.54 Å². The van der Waals surface area contributed by atoms with Gasteiger partial charge in [-0.1, -0.05) is 74.0 Å². The quantitative estimate of drug-likeness (QED) is 0.403. The summed E-state index contributed by atoms with van der Waals surface area (Å²) in [5, 5.41) is 2.95. The third kappa shape index (κ3) is 8.69. The highest BCUT2D eigenvalue weighted by molar-refractivity contribution is 5.80. The van der Waals surface area contributed by atoms with Gasteiger partial charge in [0, 0.05) is 24.5 Å². The Balaban J connectivity index is 1.84. The van der Waals surface area contributed by atoms with Crippen molar-refractivity contribution in [2.45, 2.75) is 90.6 Å². The molecule has 1 aliphatic rings. The molecule has 0 bridgehead atoms. The summed E-state index contributed by atoms with van der Waals surface area (Å²) < 4.78 is 11.2. The molecule has 0 spiro atoms. The highest BCUT2D eigenvalue weighted by atomic mass is 16.6. The van der Waals surface area contributed by atoms with E-state index in [-0.39, 0.29) is 36.4 Å². The molecule has 7 heteroatoms. The van der Waals surface area contributed by atoms with Crippen LogP contribution in [0.1, 0.15) is 65.0 Å².